The van der Waals surface area contributed by atoms with E-state index in [1.54, 1.807) is 30.3 Å². The second-order valence-electron chi connectivity index (χ2n) is 4.96. The topological polar surface area (TPSA) is 63.2 Å². The summed E-state index contributed by atoms with van der Waals surface area (Å²) in [6.45, 7) is 0. The predicted octanol–water partition coefficient (Wildman–Crippen LogP) is 4.26. The number of methoxy groups -OCH3 is 1. The maximum Gasteiger partial charge on any atom is 0.337 e. The van der Waals surface area contributed by atoms with Crippen molar-refractivity contribution in [1.29, 1.82) is 5.26 Å². The lowest BCUT2D eigenvalue weighted by atomic mass is 10.1. The lowest BCUT2D eigenvalue weighted by Gasteiger charge is -1.99. The Hall–Kier alpha value is -3.32. The Morgan fingerprint density at radius 3 is 2.61 bits per heavy atom. The molecule has 0 atom stereocenters. The minimum atomic E-state index is -0.355. The quantitative estimate of drug-likeness (QED) is 0.678. The predicted molar refractivity (Wildman–Crippen MR) is 87.6 cm³/mol. The van der Waals surface area contributed by atoms with Crippen molar-refractivity contribution in [3.05, 3.63) is 71.0 Å². The molecule has 23 heavy (non-hydrogen) atoms. The molecule has 0 N–H and O–H groups in total. The Morgan fingerprint density at radius 2 is 1.91 bits per heavy atom. The van der Waals surface area contributed by atoms with Crippen LogP contribution in [0.25, 0.3) is 23.1 Å². The monoisotopic (exact) mass is 303 g/mol. The molecule has 0 aliphatic carbocycles. The van der Waals surface area contributed by atoms with Gasteiger partial charge in [-0.05, 0) is 48.0 Å². The van der Waals surface area contributed by atoms with Gasteiger partial charge in [0.15, 0.2) is 0 Å². The second kappa shape index (κ2) is 6.20. The highest BCUT2D eigenvalue weighted by Crippen LogP contribution is 2.22. The molecule has 3 aromatic rings. The molecule has 0 radical (unpaired) electrons. The molecular weight excluding hydrogens is 290 g/mol. The Labute approximate surface area is 133 Å². The Bertz CT molecular complexity index is 927. The summed E-state index contributed by atoms with van der Waals surface area (Å²) in [4.78, 5) is 11.4. The van der Waals surface area contributed by atoms with Gasteiger partial charge in [0, 0.05) is 5.39 Å². The van der Waals surface area contributed by atoms with Crippen molar-refractivity contribution in [2.45, 2.75) is 0 Å². The van der Waals surface area contributed by atoms with Crippen molar-refractivity contribution in [3.63, 3.8) is 0 Å². The van der Waals surface area contributed by atoms with Gasteiger partial charge in [-0.25, -0.2) is 4.79 Å². The minimum Gasteiger partial charge on any atom is -0.465 e. The first-order valence-electron chi connectivity index (χ1n) is 7.00. The first-order chi connectivity index (χ1) is 11.2. The SMILES string of the molecule is COC(=O)c1ccc(C=Cc2cc3cc(C#N)ccc3o2)cc1. The van der Waals surface area contributed by atoms with Gasteiger partial charge < -0.3 is 9.15 Å². The second-order valence-corrected chi connectivity index (χ2v) is 4.96. The van der Waals surface area contributed by atoms with Gasteiger partial charge in [-0.15, -0.1) is 0 Å². The summed E-state index contributed by atoms with van der Waals surface area (Å²) >= 11 is 0. The molecule has 0 amide bonds. The zero-order valence-corrected chi connectivity index (χ0v) is 12.4. The van der Waals surface area contributed by atoms with E-state index in [4.69, 9.17) is 9.68 Å². The van der Waals surface area contributed by atoms with Crippen molar-refractivity contribution in [2.75, 3.05) is 7.11 Å². The first-order valence-corrected chi connectivity index (χ1v) is 7.00. The fraction of sp³-hybridized carbons (Fsp3) is 0.0526. The van der Waals surface area contributed by atoms with Gasteiger partial charge in [-0.3, -0.25) is 0 Å². The van der Waals surface area contributed by atoms with Gasteiger partial charge in [0.1, 0.15) is 11.3 Å². The molecule has 0 saturated carbocycles. The molecule has 1 heterocycles. The van der Waals surface area contributed by atoms with E-state index >= 15 is 0 Å². The van der Waals surface area contributed by atoms with Gasteiger partial charge in [0.2, 0.25) is 0 Å². The maximum atomic E-state index is 11.4. The summed E-state index contributed by atoms with van der Waals surface area (Å²) in [5.74, 6) is 0.346. The van der Waals surface area contributed by atoms with E-state index in [2.05, 4.69) is 10.8 Å². The van der Waals surface area contributed by atoms with Gasteiger partial charge in [-0.2, -0.15) is 5.26 Å². The molecule has 0 aliphatic heterocycles. The highest BCUT2D eigenvalue weighted by atomic mass is 16.5. The van der Waals surface area contributed by atoms with E-state index in [0.717, 1.165) is 16.5 Å². The van der Waals surface area contributed by atoms with Crippen LogP contribution < -0.4 is 0 Å². The largest absolute Gasteiger partial charge is 0.465 e. The third kappa shape index (κ3) is 3.14. The van der Waals surface area contributed by atoms with Crippen molar-refractivity contribution in [3.8, 4) is 6.07 Å². The molecular formula is C19H13NO3. The Kier molecular flexibility index (Phi) is 3.94. The van der Waals surface area contributed by atoms with Crippen molar-refractivity contribution in [1.82, 2.24) is 0 Å². The molecule has 0 saturated heterocycles. The lowest BCUT2D eigenvalue weighted by Crippen LogP contribution is -2.00. The normalized spacial score (nSPS) is 10.8. The fourth-order valence-corrected chi connectivity index (χ4v) is 2.24. The van der Waals surface area contributed by atoms with E-state index in [0.29, 0.717) is 16.9 Å². The number of hydrogen-bond donors (Lipinski definition) is 0. The number of carbonyl (C=O) groups excluding carboxylic acids is 1. The molecule has 0 aliphatic rings. The third-order valence-corrected chi connectivity index (χ3v) is 3.44. The fourth-order valence-electron chi connectivity index (χ4n) is 2.24. The smallest absolute Gasteiger partial charge is 0.337 e. The number of ether oxygens (including phenoxy) is 1. The molecule has 0 fully saturated rings. The number of carbonyl (C=O) groups is 1. The van der Waals surface area contributed by atoms with Crippen LogP contribution in [0.15, 0.2) is 52.9 Å². The number of benzene rings is 2. The van der Waals surface area contributed by atoms with Gasteiger partial charge in [0.25, 0.3) is 0 Å². The summed E-state index contributed by atoms with van der Waals surface area (Å²) in [7, 11) is 1.36. The summed E-state index contributed by atoms with van der Waals surface area (Å²) in [6, 6.07) is 16.4. The highest BCUT2D eigenvalue weighted by Gasteiger charge is 2.04. The Balaban J connectivity index is 1.82. The van der Waals surface area contributed by atoms with E-state index in [1.165, 1.54) is 7.11 Å². The van der Waals surface area contributed by atoms with Gasteiger partial charge in [-0.1, -0.05) is 18.2 Å². The molecule has 4 nitrogen and oxygen atoms in total. The van der Waals surface area contributed by atoms with Crippen LogP contribution in [0.2, 0.25) is 0 Å². The molecule has 3 rings (SSSR count). The van der Waals surface area contributed by atoms with E-state index in [9.17, 15) is 4.79 Å². The van der Waals surface area contributed by atoms with Crippen molar-refractivity contribution < 1.29 is 13.9 Å². The van der Waals surface area contributed by atoms with Crippen LogP contribution in [0.5, 0.6) is 0 Å². The summed E-state index contributed by atoms with van der Waals surface area (Å²) < 4.78 is 10.4. The third-order valence-electron chi connectivity index (χ3n) is 3.44. The van der Waals surface area contributed by atoms with Crippen LogP contribution in [-0.4, -0.2) is 13.1 Å². The van der Waals surface area contributed by atoms with Crippen molar-refractivity contribution in [2.24, 2.45) is 0 Å². The molecule has 1 aromatic heterocycles. The van der Waals surface area contributed by atoms with Crippen LogP contribution in [0.1, 0.15) is 27.2 Å². The molecule has 112 valence electrons. The Morgan fingerprint density at radius 1 is 1.13 bits per heavy atom. The van der Waals surface area contributed by atoms with Crippen molar-refractivity contribution >= 4 is 29.1 Å². The number of esters is 1. The average Bonchev–Trinajstić information content (AvgIpc) is 3.01. The molecule has 0 unspecified atom stereocenters. The van der Waals surface area contributed by atoms with Gasteiger partial charge >= 0.3 is 5.97 Å². The standard InChI is InChI=1S/C19H13NO3/c1-22-19(21)15-6-2-13(3-7-15)4-8-17-11-16-10-14(12-20)5-9-18(16)23-17/h2-11H,1H3. The van der Waals surface area contributed by atoms with Crippen LogP contribution >= 0.6 is 0 Å². The van der Waals surface area contributed by atoms with Crippen LogP contribution in [0, 0.1) is 11.3 Å². The van der Waals surface area contributed by atoms with E-state index in [1.807, 2.05) is 30.4 Å². The zero-order chi connectivity index (χ0) is 16.2. The maximum absolute atomic E-state index is 11.4. The lowest BCUT2D eigenvalue weighted by molar-refractivity contribution is 0.0600. The zero-order valence-electron chi connectivity index (χ0n) is 12.4. The molecule has 2 aromatic carbocycles. The summed E-state index contributed by atoms with van der Waals surface area (Å²) in [6.07, 6.45) is 3.74. The van der Waals surface area contributed by atoms with E-state index < -0.39 is 0 Å². The minimum absolute atomic E-state index is 0.355. The highest BCUT2D eigenvalue weighted by molar-refractivity contribution is 5.89. The number of fused-ring (bicyclic) bond motifs is 1. The number of nitriles is 1. The summed E-state index contributed by atoms with van der Waals surface area (Å²) in [5.41, 5.74) is 2.80. The van der Waals surface area contributed by atoms with Crippen LogP contribution in [0.3, 0.4) is 0 Å². The van der Waals surface area contributed by atoms with Crippen LogP contribution in [-0.2, 0) is 4.74 Å². The first kappa shape index (κ1) is 14.6. The molecule has 4 heteroatoms. The molecule has 0 bridgehead atoms. The molecule has 0 spiro atoms. The van der Waals surface area contributed by atoms with Crippen LogP contribution in [0.4, 0.5) is 0 Å². The number of nitrogens with zero attached hydrogens (tertiary/aromatic N) is 1. The van der Waals surface area contributed by atoms with E-state index in [-0.39, 0.29) is 5.97 Å². The summed E-state index contributed by atoms with van der Waals surface area (Å²) in [5, 5.41) is 9.80. The van der Waals surface area contributed by atoms with Gasteiger partial charge in [0.05, 0.1) is 24.3 Å². The number of hydrogen-bond acceptors (Lipinski definition) is 4. The number of rotatable bonds is 3. The average molecular weight is 303 g/mol. The number of furan rings is 1.